The number of aryl methyl sites for hydroxylation is 1. The summed E-state index contributed by atoms with van der Waals surface area (Å²) in [6.45, 7) is -0.378. The van der Waals surface area contributed by atoms with Crippen LogP contribution in [0.15, 0.2) is 24.3 Å². The number of amides is 1. The molecular formula is C17H13IN2O3S. The zero-order valence-corrected chi connectivity index (χ0v) is 15.6. The monoisotopic (exact) mass is 452 g/mol. The number of hydrogen-bond acceptors (Lipinski definition) is 5. The van der Waals surface area contributed by atoms with Gasteiger partial charge in [-0.2, -0.15) is 5.26 Å². The molecule has 1 aromatic carbocycles. The van der Waals surface area contributed by atoms with Crippen molar-refractivity contribution in [2.24, 2.45) is 0 Å². The normalized spacial score (nSPS) is 12.3. The molecule has 1 aliphatic carbocycles. The van der Waals surface area contributed by atoms with Crippen molar-refractivity contribution in [2.75, 3.05) is 11.9 Å². The highest BCUT2D eigenvalue weighted by molar-refractivity contribution is 14.1. The first kappa shape index (κ1) is 16.9. The van der Waals surface area contributed by atoms with E-state index in [0.29, 0.717) is 16.1 Å². The second-order valence-corrected chi connectivity index (χ2v) is 7.54. The molecule has 0 spiro atoms. The lowest BCUT2D eigenvalue weighted by Gasteiger charge is -2.07. The summed E-state index contributed by atoms with van der Waals surface area (Å²) in [7, 11) is 0. The van der Waals surface area contributed by atoms with Crippen LogP contribution in [-0.4, -0.2) is 18.5 Å². The molecule has 0 saturated heterocycles. The second kappa shape index (κ2) is 7.32. The first-order chi connectivity index (χ1) is 11.6. The van der Waals surface area contributed by atoms with Crippen LogP contribution in [0.5, 0.6) is 0 Å². The molecule has 0 saturated carbocycles. The molecule has 7 heteroatoms. The molecule has 122 valence electrons. The molecule has 1 aliphatic rings. The fourth-order valence-corrected chi connectivity index (χ4v) is 4.47. The van der Waals surface area contributed by atoms with Crippen molar-refractivity contribution in [3.05, 3.63) is 49.4 Å². The molecule has 0 aliphatic heterocycles. The van der Waals surface area contributed by atoms with Crippen LogP contribution in [0.3, 0.4) is 0 Å². The van der Waals surface area contributed by atoms with Gasteiger partial charge in [0.15, 0.2) is 6.61 Å². The molecule has 1 N–H and O–H groups in total. The number of carbonyl (C=O) groups excluding carboxylic acids is 2. The Morgan fingerprint density at radius 2 is 2.12 bits per heavy atom. The van der Waals surface area contributed by atoms with Gasteiger partial charge in [0, 0.05) is 8.45 Å². The molecule has 0 bridgehead atoms. The zero-order valence-electron chi connectivity index (χ0n) is 12.6. The summed E-state index contributed by atoms with van der Waals surface area (Å²) in [6.07, 6.45) is 2.88. The van der Waals surface area contributed by atoms with E-state index < -0.39 is 11.9 Å². The summed E-state index contributed by atoms with van der Waals surface area (Å²) >= 11 is 3.48. The van der Waals surface area contributed by atoms with Crippen molar-refractivity contribution in [3.8, 4) is 6.07 Å². The summed E-state index contributed by atoms with van der Waals surface area (Å²) in [4.78, 5) is 25.2. The van der Waals surface area contributed by atoms with E-state index in [1.54, 1.807) is 18.2 Å². The Balaban J connectivity index is 1.62. The number of rotatable bonds is 4. The third kappa shape index (κ3) is 3.44. The number of fused-ring (bicyclic) bond motifs is 1. The summed E-state index contributed by atoms with van der Waals surface area (Å²) in [5.41, 5.74) is 2.03. The largest absolute Gasteiger partial charge is 0.452 e. The molecule has 1 heterocycles. The van der Waals surface area contributed by atoms with E-state index in [4.69, 9.17) is 4.74 Å². The van der Waals surface area contributed by atoms with Gasteiger partial charge in [0.05, 0.1) is 11.1 Å². The molecule has 1 aromatic heterocycles. The third-order valence-electron chi connectivity index (χ3n) is 3.71. The molecule has 5 nitrogen and oxygen atoms in total. The fourth-order valence-electron chi connectivity index (χ4n) is 2.61. The average Bonchev–Trinajstić information content (AvgIpc) is 3.13. The van der Waals surface area contributed by atoms with E-state index in [1.807, 2.05) is 28.7 Å². The van der Waals surface area contributed by atoms with Crippen molar-refractivity contribution in [1.82, 2.24) is 0 Å². The summed E-state index contributed by atoms with van der Waals surface area (Å²) in [5.74, 6) is -0.977. The lowest BCUT2D eigenvalue weighted by atomic mass is 10.1. The number of benzene rings is 1. The molecule has 3 rings (SSSR count). The number of nitrogens with one attached hydrogen (secondary N) is 1. The van der Waals surface area contributed by atoms with Gasteiger partial charge in [-0.3, -0.25) is 4.79 Å². The minimum Gasteiger partial charge on any atom is -0.452 e. The molecule has 1 amide bonds. The highest BCUT2D eigenvalue weighted by Crippen LogP contribution is 2.38. The molecule has 0 atom stereocenters. The number of thiophene rings is 1. The van der Waals surface area contributed by atoms with E-state index >= 15 is 0 Å². The maximum Gasteiger partial charge on any atom is 0.339 e. The zero-order chi connectivity index (χ0) is 17.1. The number of ether oxygens (including phenoxy) is 1. The lowest BCUT2D eigenvalue weighted by Crippen LogP contribution is -2.21. The Labute approximate surface area is 156 Å². The maximum absolute atomic E-state index is 12.0. The van der Waals surface area contributed by atoms with Gasteiger partial charge in [-0.05, 0) is 59.5 Å². The van der Waals surface area contributed by atoms with Crippen LogP contribution in [0, 0.1) is 14.9 Å². The van der Waals surface area contributed by atoms with Gasteiger partial charge in [-0.1, -0.05) is 12.1 Å². The molecule has 0 unspecified atom stereocenters. The van der Waals surface area contributed by atoms with Crippen LogP contribution < -0.4 is 5.32 Å². The predicted molar refractivity (Wildman–Crippen MR) is 99.1 cm³/mol. The minimum absolute atomic E-state index is 0.378. The SMILES string of the molecule is N#Cc1c(NC(=O)COC(=O)c2ccccc2I)sc2c1CCC2. The van der Waals surface area contributed by atoms with E-state index in [1.165, 1.54) is 11.3 Å². The second-order valence-electron chi connectivity index (χ2n) is 5.28. The Morgan fingerprint density at radius 1 is 1.33 bits per heavy atom. The van der Waals surface area contributed by atoms with E-state index in [0.717, 1.165) is 33.3 Å². The number of hydrogen-bond donors (Lipinski definition) is 1. The number of anilines is 1. The van der Waals surface area contributed by atoms with Crippen molar-refractivity contribution < 1.29 is 14.3 Å². The number of esters is 1. The standard InChI is InChI=1S/C17H13IN2O3S/c18-13-6-2-1-4-11(13)17(22)23-9-15(21)20-16-12(8-19)10-5-3-7-14(10)24-16/h1-2,4,6H,3,5,7,9H2,(H,20,21). The van der Waals surface area contributed by atoms with Gasteiger partial charge >= 0.3 is 5.97 Å². The van der Waals surface area contributed by atoms with Gasteiger partial charge < -0.3 is 10.1 Å². The van der Waals surface area contributed by atoms with Gasteiger partial charge in [0.2, 0.25) is 0 Å². The topological polar surface area (TPSA) is 79.2 Å². The maximum atomic E-state index is 12.0. The third-order valence-corrected chi connectivity index (χ3v) is 5.86. The Bertz CT molecular complexity index is 854. The molecule has 2 aromatic rings. The van der Waals surface area contributed by atoms with Crippen LogP contribution >= 0.6 is 33.9 Å². The smallest absolute Gasteiger partial charge is 0.339 e. The molecule has 24 heavy (non-hydrogen) atoms. The number of nitrogens with zero attached hydrogens (tertiary/aromatic N) is 1. The number of halogens is 1. The van der Waals surface area contributed by atoms with Gasteiger partial charge in [-0.25, -0.2) is 4.79 Å². The first-order valence-electron chi connectivity index (χ1n) is 7.36. The highest BCUT2D eigenvalue weighted by Gasteiger charge is 2.23. The predicted octanol–water partition coefficient (Wildman–Crippen LogP) is 3.51. The van der Waals surface area contributed by atoms with E-state index in [-0.39, 0.29) is 6.61 Å². The van der Waals surface area contributed by atoms with Crippen molar-refractivity contribution in [3.63, 3.8) is 0 Å². The Morgan fingerprint density at radius 3 is 2.88 bits per heavy atom. The van der Waals surface area contributed by atoms with Crippen LogP contribution in [0.1, 0.15) is 32.8 Å². The Hall–Kier alpha value is -1.92. The number of carbonyl (C=O) groups is 2. The first-order valence-corrected chi connectivity index (χ1v) is 9.26. The van der Waals surface area contributed by atoms with Crippen molar-refractivity contribution >= 4 is 50.8 Å². The molecule has 0 fully saturated rings. The van der Waals surface area contributed by atoms with Crippen LogP contribution in [0.2, 0.25) is 0 Å². The Kier molecular flexibility index (Phi) is 5.16. The molecule has 0 radical (unpaired) electrons. The minimum atomic E-state index is -0.538. The fraction of sp³-hybridized carbons (Fsp3) is 0.235. The van der Waals surface area contributed by atoms with Gasteiger partial charge in [0.1, 0.15) is 11.1 Å². The van der Waals surface area contributed by atoms with Crippen molar-refractivity contribution in [2.45, 2.75) is 19.3 Å². The summed E-state index contributed by atoms with van der Waals surface area (Å²) in [5, 5.41) is 12.5. The average molecular weight is 452 g/mol. The van der Waals surface area contributed by atoms with Crippen LogP contribution in [0.4, 0.5) is 5.00 Å². The quantitative estimate of drug-likeness (QED) is 0.569. The van der Waals surface area contributed by atoms with Crippen LogP contribution in [0.25, 0.3) is 0 Å². The van der Waals surface area contributed by atoms with Crippen molar-refractivity contribution in [1.29, 1.82) is 5.26 Å². The van der Waals surface area contributed by atoms with Gasteiger partial charge in [0.25, 0.3) is 5.91 Å². The summed E-state index contributed by atoms with van der Waals surface area (Å²) < 4.78 is 5.83. The summed E-state index contributed by atoms with van der Waals surface area (Å²) in [6, 6.07) is 9.18. The lowest BCUT2D eigenvalue weighted by molar-refractivity contribution is -0.119. The van der Waals surface area contributed by atoms with E-state index in [9.17, 15) is 14.9 Å². The van der Waals surface area contributed by atoms with Crippen LogP contribution in [-0.2, 0) is 22.4 Å². The molecular weight excluding hydrogens is 439 g/mol. The number of nitriles is 1. The van der Waals surface area contributed by atoms with E-state index in [2.05, 4.69) is 11.4 Å². The van der Waals surface area contributed by atoms with Gasteiger partial charge in [-0.15, -0.1) is 11.3 Å². The highest BCUT2D eigenvalue weighted by atomic mass is 127.